The molecule has 0 radical (unpaired) electrons. The maximum Gasteiger partial charge on any atom is 0.137 e. The lowest BCUT2D eigenvalue weighted by atomic mass is 10.1. The van der Waals surface area contributed by atoms with Crippen LogP contribution >= 0.6 is 0 Å². The predicted molar refractivity (Wildman–Crippen MR) is 65.8 cm³/mol. The molecule has 84 valence electrons. The topological polar surface area (TPSA) is 17.1 Å². The smallest absolute Gasteiger partial charge is 0.137 e. The molecule has 0 bridgehead atoms. The number of ketones is 1. The lowest BCUT2D eigenvalue weighted by molar-refractivity contribution is -0.118. The molecule has 0 N–H and O–H groups in total. The highest BCUT2D eigenvalue weighted by atomic mass is 16.1. The molecular formula is C14H22O. The molecule has 0 aliphatic rings. The van der Waals surface area contributed by atoms with E-state index in [1.807, 2.05) is 13.0 Å². The van der Waals surface area contributed by atoms with E-state index in [2.05, 4.69) is 32.6 Å². The van der Waals surface area contributed by atoms with Crippen molar-refractivity contribution in [3.8, 4) is 0 Å². The van der Waals surface area contributed by atoms with Crippen LogP contribution in [0.15, 0.2) is 29.0 Å². The number of hydrogen-bond acceptors (Lipinski definition) is 1. The summed E-state index contributed by atoms with van der Waals surface area (Å²) in [5.74, 6) is 0.183. The van der Waals surface area contributed by atoms with E-state index in [1.54, 1.807) is 6.92 Å². The van der Waals surface area contributed by atoms with Gasteiger partial charge in [0.25, 0.3) is 0 Å². The lowest BCUT2D eigenvalue weighted by Crippen LogP contribution is -2.01. The molecule has 1 heteroatoms. The van der Waals surface area contributed by atoms with Crippen LogP contribution in [0.3, 0.4) is 0 Å². The molecule has 1 atom stereocenters. The van der Waals surface area contributed by atoms with Gasteiger partial charge in [-0.1, -0.05) is 18.6 Å². The molecule has 15 heavy (non-hydrogen) atoms. The van der Waals surface area contributed by atoms with E-state index >= 15 is 0 Å². The molecule has 0 heterocycles. The van der Waals surface area contributed by atoms with E-state index in [0.29, 0.717) is 0 Å². The second-order valence-corrected chi connectivity index (χ2v) is 4.31. The zero-order chi connectivity index (χ0) is 11.8. The molecule has 1 nitrogen and oxygen atoms in total. The number of carbonyl (C=O) groups excluding carboxylic acids is 1. The minimum absolute atomic E-state index is 0.0107. The summed E-state index contributed by atoms with van der Waals surface area (Å²) < 4.78 is 0. The fourth-order valence-electron chi connectivity index (χ4n) is 1.03. The Balaban J connectivity index is 4.20. The minimum atomic E-state index is -0.0107. The van der Waals surface area contributed by atoms with Crippen molar-refractivity contribution in [1.29, 1.82) is 0 Å². The molecule has 0 aromatic carbocycles. The van der Waals surface area contributed by atoms with Crippen LogP contribution in [0.5, 0.6) is 0 Å². The summed E-state index contributed by atoms with van der Waals surface area (Å²) in [6.45, 7) is 9.78. The molecule has 0 amide bonds. The predicted octanol–water partition coefficient (Wildman–Crippen LogP) is 4.06. The van der Waals surface area contributed by atoms with Crippen molar-refractivity contribution >= 4 is 5.78 Å². The lowest BCUT2D eigenvalue weighted by Gasteiger charge is -1.97. The van der Waals surface area contributed by atoms with Crippen molar-refractivity contribution in [2.45, 2.75) is 47.5 Å². The van der Waals surface area contributed by atoms with Crippen LogP contribution in [0.25, 0.3) is 0 Å². The van der Waals surface area contributed by atoms with Crippen LogP contribution in [0.2, 0.25) is 0 Å². The highest BCUT2D eigenvalue weighted by Gasteiger charge is 2.00. The number of rotatable bonds is 5. The average molecular weight is 206 g/mol. The average Bonchev–Trinajstić information content (AvgIpc) is 2.13. The number of carbonyl (C=O) groups is 1. The Hall–Kier alpha value is -1.07. The van der Waals surface area contributed by atoms with Gasteiger partial charge >= 0.3 is 0 Å². The van der Waals surface area contributed by atoms with Crippen molar-refractivity contribution in [2.75, 3.05) is 0 Å². The third kappa shape index (κ3) is 7.96. The zero-order valence-corrected chi connectivity index (χ0v) is 10.6. The summed E-state index contributed by atoms with van der Waals surface area (Å²) in [4.78, 5) is 11.0. The summed E-state index contributed by atoms with van der Waals surface area (Å²) in [6, 6.07) is 0. The molecule has 1 unspecified atom stereocenters. The largest absolute Gasteiger partial charge is 0.299 e. The van der Waals surface area contributed by atoms with Gasteiger partial charge in [-0.05, 0) is 52.2 Å². The molecule has 0 saturated heterocycles. The molecule has 0 aliphatic heterocycles. The van der Waals surface area contributed by atoms with Crippen LogP contribution in [0.4, 0.5) is 0 Å². The van der Waals surface area contributed by atoms with E-state index in [4.69, 9.17) is 0 Å². The molecule has 0 saturated carbocycles. The maximum absolute atomic E-state index is 11.0. The summed E-state index contributed by atoms with van der Waals surface area (Å²) in [6.07, 6.45) is 6.16. The fraction of sp³-hybridized carbons (Fsp3) is 0.571. The van der Waals surface area contributed by atoms with Gasteiger partial charge in [0.05, 0.1) is 0 Å². The molecular weight excluding hydrogens is 184 g/mol. The summed E-state index contributed by atoms with van der Waals surface area (Å²) >= 11 is 0. The Bertz CT molecular complexity index is 297. The molecule has 0 aromatic heterocycles. The Morgan fingerprint density at radius 3 is 2.33 bits per heavy atom. The highest BCUT2D eigenvalue weighted by molar-refractivity contribution is 5.79. The first-order chi connectivity index (χ1) is 6.93. The van der Waals surface area contributed by atoms with Gasteiger partial charge in [0.15, 0.2) is 0 Å². The van der Waals surface area contributed by atoms with E-state index in [1.165, 1.54) is 11.1 Å². The summed E-state index contributed by atoms with van der Waals surface area (Å²) in [5, 5.41) is 0. The number of Topliss-reactive ketones (excluding diaryl/α,β-unsaturated/α-hetero) is 1. The molecule has 0 fully saturated rings. The SMILES string of the molecule is CC(=O)C(C)C=C=C(C)CCC=C(C)C. The Labute approximate surface area is 93.6 Å². The van der Waals surface area contributed by atoms with Gasteiger partial charge in [-0.2, -0.15) is 0 Å². The molecule has 0 aromatic rings. The van der Waals surface area contributed by atoms with Gasteiger partial charge < -0.3 is 0 Å². The fourth-order valence-corrected chi connectivity index (χ4v) is 1.03. The quantitative estimate of drug-likeness (QED) is 0.489. The van der Waals surface area contributed by atoms with Crippen molar-refractivity contribution in [1.82, 2.24) is 0 Å². The third-order valence-electron chi connectivity index (χ3n) is 2.29. The monoisotopic (exact) mass is 206 g/mol. The third-order valence-corrected chi connectivity index (χ3v) is 2.29. The Kier molecular flexibility index (Phi) is 6.73. The van der Waals surface area contributed by atoms with Crippen molar-refractivity contribution in [3.63, 3.8) is 0 Å². The second-order valence-electron chi connectivity index (χ2n) is 4.31. The van der Waals surface area contributed by atoms with Gasteiger partial charge in [-0.3, -0.25) is 4.79 Å². The van der Waals surface area contributed by atoms with Crippen molar-refractivity contribution in [3.05, 3.63) is 29.0 Å². The van der Waals surface area contributed by atoms with Gasteiger partial charge in [-0.15, -0.1) is 5.73 Å². The normalized spacial score (nSPS) is 11.3. The first-order valence-corrected chi connectivity index (χ1v) is 5.49. The minimum Gasteiger partial charge on any atom is -0.299 e. The zero-order valence-electron chi connectivity index (χ0n) is 10.6. The van der Waals surface area contributed by atoms with Crippen LogP contribution in [-0.2, 0) is 4.79 Å². The van der Waals surface area contributed by atoms with Gasteiger partial charge in [0.1, 0.15) is 5.78 Å². The molecule has 0 rings (SSSR count). The maximum atomic E-state index is 11.0. The van der Waals surface area contributed by atoms with Crippen LogP contribution < -0.4 is 0 Å². The first kappa shape index (κ1) is 13.9. The van der Waals surface area contributed by atoms with Gasteiger partial charge in [0.2, 0.25) is 0 Å². The van der Waals surface area contributed by atoms with Crippen LogP contribution in [0.1, 0.15) is 47.5 Å². The van der Waals surface area contributed by atoms with E-state index < -0.39 is 0 Å². The molecule has 0 spiro atoms. The van der Waals surface area contributed by atoms with Crippen LogP contribution in [0, 0.1) is 5.92 Å². The Morgan fingerprint density at radius 1 is 1.27 bits per heavy atom. The standard InChI is InChI=1S/C14H22O/c1-11(2)7-6-8-12(3)9-10-13(4)14(5)15/h7,10,13H,6,8H2,1-5H3. The van der Waals surface area contributed by atoms with Crippen LogP contribution in [-0.4, -0.2) is 5.78 Å². The van der Waals surface area contributed by atoms with Crippen molar-refractivity contribution < 1.29 is 4.79 Å². The molecule has 0 aliphatic carbocycles. The van der Waals surface area contributed by atoms with Gasteiger partial charge in [0, 0.05) is 5.92 Å². The summed E-state index contributed by atoms with van der Waals surface area (Å²) in [7, 11) is 0. The van der Waals surface area contributed by atoms with E-state index in [-0.39, 0.29) is 11.7 Å². The first-order valence-electron chi connectivity index (χ1n) is 5.49. The highest BCUT2D eigenvalue weighted by Crippen LogP contribution is 2.06. The number of allylic oxidation sites excluding steroid dienone is 3. The Morgan fingerprint density at radius 2 is 1.87 bits per heavy atom. The van der Waals surface area contributed by atoms with E-state index in [9.17, 15) is 4.79 Å². The number of hydrogen-bond donors (Lipinski definition) is 0. The van der Waals surface area contributed by atoms with E-state index in [0.717, 1.165) is 12.8 Å². The van der Waals surface area contributed by atoms with Gasteiger partial charge in [-0.25, -0.2) is 0 Å². The summed E-state index contributed by atoms with van der Waals surface area (Å²) in [5.41, 5.74) is 5.74. The second kappa shape index (κ2) is 7.25. The van der Waals surface area contributed by atoms with Crippen molar-refractivity contribution in [2.24, 2.45) is 5.92 Å².